The van der Waals surface area contributed by atoms with Crippen molar-refractivity contribution in [3.8, 4) is 5.75 Å². The predicted molar refractivity (Wildman–Crippen MR) is 128 cm³/mol. The predicted octanol–water partition coefficient (Wildman–Crippen LogP) is 2.67. The van der Waals surface area contributed by atoms with Crippen molar-refractivity contribution in [2.45, 2.75) is 82.6 Å². The van der Waals surface area contributed by atoms with Crippen LogP contribution in [0, 0.1) is 0 Å². The van der Waals surface area contributed by atoms with Crippen molar-refractivity contribution in [2.24, 2.45) is 0 Å². The SMILES string of the molecule is CCS(=O)(=O)Nc1ccc2c(c1)C(=O)N(C)[C@@H]1CC[C@H](CC(=O)NC3CCCCC3)O[C@@H]1CO2. The second-order valence-corrected chi connectivity index (χ2v) is 11.5. The number of amides is 2. The molecule has 3 atom stereocenters. The zero-order valence-corrected chi connectivity index (χ0v) is 20.7. The lowest BCUT2D eigenvalue weighted by Crippen LogP contribution is -2.54. The maximum Gasteiger partial charge on any atom is 0.257 e. The molecule has 3 aliphatic rings. The summed E-state index contributed by atoms with van der Waals surface area (Å²) in [7, 11) is -1.73. The Morgan fingerprint density at radius 1 is 1.15 bits per heavy atom. The van der Waals surface area contributed by atoms with Crippen LogP contribution in [0.25, 0.3) is 0 Å². The standard InChI is InChI=1S/C24H35N3O6S/c1-3-34(30,31)26-17-9-12-21-19(13-17)24(29)27(2)20-11-10-18(33-22(20)15-32-21)14-23(28)25-16-7-5-4-6-8-16/h9,12-13,16,18,20,22,26H,3-8,10-11,14-15H2,1-2H3,(H,25,28)/t18-,20-,22-/m1/s1. The number of carbonyl (C=O) groups is 2. The van der Waals surface area contributed by atoms with E-state index in [0.29, 0.717) is 36.3 Å². The van der Waals surface area contributed by atoms with E-state index in [1.54, 1.807) is 31.0 Å². The maximum absolute atomic E-state index is 13.3. The number of likely N-dealkylation sites (N-methyl/N-ethyl adjacent to an activating group) is 1. The maximum atomic E-state index is 13.3. The zero-order chi connectivity index (χ0) is 24.3. The average Bonchev–Trinajstić information content (AvgIpc) is 2.82. The summed E-state index contributed by atoms with van der Waals surface area (Å²) in [6.45, 7) is 1.80. The highest BCUT2D eigenvalue weighted by atomic mass is 32.2. The van der Waals surface area contributed by atoms with E-state index in [0.717, 1.165) is 12.8 Å². The lowest BCUT2D eigenvalue weighted by atomic mass is 9.93. The lowest BCUT2D eigenvalue weighted by Gasteiger charge is -2.42. The summed E-state index contributed by atoms with van der Waals surface area (Å²) < 4.78 is 38.5. The van der Waals surface area contributed by atoms with Crippen molar-refractivity contribution in [2.75, 3.05) is 24.1 Å². The topological polar surface area (TPSA) is 114 Å². The van der Waals surface area contributed by atoms with Gasteiger partial charge in [-0.1, -0.05) is 19.3 Å². The lowest BCUT2D eigenvalue weighted by molar-refractivity contribution is -0.134. The third-order valence-corrected chi connectivity index (χ3v) is 8.36. The first-order valence-corrected chi connectivity index (χ1v) is 13.9. The summed E-state index contributed by atoms with van der Waals surface area (Å²) in [6.07, 6.45) is 6.81. The normalized spacial score (nSPS) is 25.9. The summed E-state index contributed by atoms with van der Waals surface area (Å²) in [6, 6.07) is 4.79. The molecule has 34 heavy (non-hydrogen) atoms. The first-order chi connectivity index (χ1) is 16.3. The molecule has 2 fully saturated rings. The van der Waals surface area contributed by atoms with E-state index in [1.807, 2.05) is 0 Å². The first-order valence-electron chi connectivity index (χ1n) is 12.2. The fourth-order valence-corrected chi connectivity index (χ4v) is 5.71. The van der Waals surface area contributed by atoms with Crippen molar-refractivity contribution in [1.29, 1.82) is 0 Å². The molecule has 0 aromatic heterocycles. The Morgan fingerprint density at radius 2 is 1.91 bits per heavy atom. The highest BCUT2D eigenvalue weighted by molar-refractivity contribution is 7.92. The molecule has 4 rings (SSSR count). The second-order valence-electron chi connectivity index (χ2n) is 9.49. The summed E-state index contributed by atoms with van der Waals surface area (Å²) in [5.41, 5.74) is 0.637. The quantitative estimate of drug-likeness (QED) is 0.630. The van der Waals surface area contributed by atoms with Gasteiger partial charge in [-0.15, -0.1) is 0 Å². The van der Waals surface area contributed by atoms with Crippen molar-refractivity contribution >= 4 is 27.5 Å². The molecule has 188 valence electrons. The monoisotopic (exact) mass is 493 g/mol. The molecule has 2 N–H and O–H groups in total. The molecule has 9 nitrogen and oxygen atoms in total. The van der Waals surface area contributed by atoms with Gasteiger partial charge in [0.1, 0.15) is 18.5 Å². The number of sulfonamides is 1. The molecular weight excluding hydrogens is 458 g/mol. The number of hydrogen-bond donors (Lipinski definition) is 2. The Labute approximate surface area is 201 Å². The number of anilines is 1. The number of rotatable bonds is 6. The third kappa shape index (κ3) is 5.83. The molecule has 1 saturated carbocycles. The van der Waals surface area contributed by atoms with Gasteiger partial charge in [-0.05, 0) is 50.8 Å². The minimum absolute atomic E-state index is 0.0268. The van der Waals surface area contributed by atoms with Crippen LogP contribution in [-0.2, 0) is 19.6 Å². The fraction of sp³-hybridized carbons (Fsp3) is 0.667. The molecule has 0 bridgehead atoms. The second kappa shape index (κ2) is 10.5. The van der Waals surface area contributed by atoms with Gasteiger partial charge < -0.3 is 19.7 Å². The molecule has 0 unspecified atom stereocenters. The zero-order valence-electron chi connectivity index (χ0n) is 19.9. The van der Waals surface area contributed by atoms with Crippen LogP contribution in [0.3, 0.4) is 0 Å². The molecule has 2 amide bonds. The Morgan fingerprint density at radius 3 is 2.65 bits per heavy atom. The van der Waals surface area contributed by atoms with Gasteiger partial charge in [-0.2, -0.15) is 0 Å². The van der Waals surface area contributed by atoms with Crippen molar-refractivity contribution in [3.63, 3.8) is 0 Å². The van der Waals surface area contributed by atoms with Gasteiger partial charge in [0.25, 0.3) is 5.91 Å². The summed E-state index contributed by atoms with van der Waals surface area (Å²) in [5, 5.41) is 3.15. The van der Waals surface area contributed by atoms with E-state index in [-0.39, 0.29) is 48.5 Å². The first kappa shape index (κ1) is 24.8. The smallest absolute Gasteiger partial charge is 0.257 e. The van der Waals surface area contributed by atoms with Gasteiger partial charge >= 0.3 is 0 Å². The average molecular weight is 494 g/mol. The number of ether oxygens (including phenoxy) is 2. The largest absolute Gasteiger partial charge is 0.490 e. The fourth-order valence-electron chi connectivity index (χ4n) is 5.08. The van der Waals surface area contributed by atoms with Crippen LogP contribution >= 0.6 is 0 Å². The van der Waals surface area contributed by atoms with Gasteiger partial charge in [-0.3, -0.25) is 14.3 Å². The number of nitrogens with one attached hydrogen (secondary N) is 2. The Bertz CT molecular complexity index is 1010. The summed E-state index contributed by atoms with van der Waals surface area (Å²) in [4.78, 5) is 27.5. The Balaban J connectivity index is 1.42. The molecule has 2 aliphatic heterocycles. The van der Waals surface area contributed by atoms with Crippen LogP contribution in [0.5, 0.6) is 5.75 Å². The van der Waals surface area contributed by atoms with E-state index < -0.39 is 10.0 Å². The van der Waals surface area contributed by atoms with E-state index in [4.69, 9.17) is 9.47 Å². The van der Waals surface area contributed by atoms with Gasteiger partial charge in [0.05, 0.1) is 29.9 Å². The minimum Gasteiger partial charge on any atom is -0.490 e. The number of carbonyl (C=O) groups excluding carboxylic acids is 2. The number of fused-ring (bicyclic) bond motifs is 2. The Hall–Kier alpha value is -2.33. The van der Waals surface area contributed by atoms with E-state index in [9.17, 15) is 18.0 Å². The molecule has 1 aromatic carbocycles. The summed E-state index contributed by atoms with van der Waals surface area (Å²) in [5.74, 6) is 0.101. The molecule has 1 aromatic rings. The van der Waals surface area contributed by atoms with Gasteiger partial charge in [-0.25, -0.2) is 8.42 Å². The summed E-state index contributed by atoms with van der Waals surface area (Å²) >= 11 is 0. The molecule has 10 heteroatoms. The van der Waals surface area contributed by atoms with E-state index in [2.05, 4.69) is 10.0 Å². The molecule has 2 heterocycles. The molecule has 0 spiro atoms. The van der Waals surface area contributed by atoms with Crippen LogP contribution in [-0.4, -0.2) is 68.8 Å². The van der Waals surface area contributed by atoms with Crippen LogP contribution < -0.4 is 14.8 Å². The van der Waals surface area contributed by atoms with Crippen LogP contribution in [0.1, 0.15) is 68.6 Å². The van der Waals surface area contributed by atoms with Gasteiger partial charge in [0, 0.05) is 18.8 Å². The molecule has 1 saturated heterocycles. The highest BCUT2D eigenvalue weighted by Gasteiger charge is 2.39. The number of benzene rings is 1. The van der Waals surface area contributed by atoms with E-state index >= 15 is 0 Å². The van der Waals surface area contributed by atoms with Crippen molar-refractivity contribution < 1.29 is 27.5 Å². The molecular formula is C24H35N3O6S. The van der Waals surface area contributed by atoms with E-state index in [1.165, 1.54) is 25.3 Å². The Kier molecular flexibility index (Phi) is 7.67. The van der Waals surface area contributed by atoms with Crippen LogP contribution in [0.4, 0.5) is 5.69 Å². The van der Waals surface area contributed by atoms with Crippen LogP contribution in [0.2, 0.25) is 0 Å². The van der Waals surface area contributed by atoms with Crippen molar-refractivity contribution in [3.05, 3.63) is 23.8 Å². The number of hydrogen-bond acceptors (Lipinski definition) is 6. The molecule has 1 aliphatic carbocycles. The van der Waals surface area contributed by atoms with Gasteiger partial charge in [0.2, 0.25) is 15.9 Å². The molecule has 0 radical (unpaired) electrons. The van der Waals surface area contributed by atoms with Gasteiger partial charge in [0.15, 0.2) is 0 Å². The van der Waals surface area contributed by atoms with Crippen molar-refractivity contribution in [1.82, 2.24) is 10.2 Å². The highest BCUT2D eigenvalue weighted by Crippen LogP contribution is 2.32. The van der Waals surface area contributed by atoms with Crippen LogP contribution in [0.15, 0.2) is 18.2 Å². The number of nitrogens with zero attached hydrogens (tertiary/aromatic N) is 1. The minimum atomic E-state index is -3.46. The third-order valence-electron chi connectivity index (χ3n) is 7.05.